The Hall–Kier alpha value is -3.68. The molecule has 1 saturated heterocycles. The van der Waals surface area contributed by atoms with Gasteiger partial charge in [-0.05, 0) is 55.5 Å². The molecule has 5 rings (SSSR count). The second-order valence-electron chi connectivity index (χ2n) is 10.5. The Morgan fingerprint density at radius 2 is 1.46 bits per heavy atom. The maximum absolute atomic E-state index is 12.3. The number of aliphatic imine (C=N–C) groups is 1. The van der Waals surface area contributed by atoms with E-state index < -0.39 is 5.79 Å². The smallest absolute Gasteiger partial charge is 0.337 e. The van der Waals surface area contributed by atoms with Crippen molar-refractivity contribution in [2.75, 3.05) is 14.2 Å². The maximum atomic E-state index is 12.3. The van der Waals surface area contributed by atoms with Gasteiger partial charge in [-0.15, -0.1) is 0 Å². The van der Waals surface area contributed by atoms with E-state index >= 15 is 0 Å². The summed E-state index contributed by atoms with van der Waals surface area (Å²) in [6.45, 7) is 4.40. The van der Waals surface area contributed by atoms with Crippen molar-refractivity contribution >= 4 is 12.0 Å². The maximum Gasteiger partial charge on any atom is 0.337 e. The summed E-state index contributed by atoms with van der Waals surface area (Å²) in [6.07, 6.45) is 0.857. The fourth-order valence-corrected chi connectivity index (χ4v) is 5.59. The van der Waals surface area contributed by atoms with Crippen molar-refractivity contribution < 1.29 is 23.7 Å². The summed E-state index contributed by atoms with van der Waals surface area (Å²) in [6, 6.07) is 28.4. The highest BCUT2D eigenvalue weighted by molar-refractivity contribution is 5.89. The molecule has 0 saturated carbocycles. The van der Waals surface area contributed by atoms with E-state index in [0.29, 0.717) is 31.0 Å². The zero-order valence-electron chi connectivity index (χ0n) is 22.9. The lowest BCUT2D eigenvalue weighted by molar-refractivity contribution is -0.153. The van der Waals surface area contributed by atoms with Crippen LogP contribution in [0.3, 0.4) is 0 Å². The lowest BCUT2D eigenvalue weighted by atomic mass is 9.91. The number of carbonyl (C=O) groups is 1. The monoisotopic (exact) mass is 528 g/mol. The third-order valence-electron chi connectivity index (χ3n) is 7.30. The average molecular weight is 529 g/mol. The van der Waals surface area contributed by atoms with Crippen LogP contribution in [0.5, 0.6) is 0 Å². The van der Waals surface area contributed by atoms with E-state index in [-0.39, 0.29) is 30.3 Å². The lowest BCUT2D eigenvalue weighted by Gasteiger charge is -2.36. The minimum Gasteiger partial charge on any atom is -0.468 e. The number of hydrogen-bond donors (Lipinski definition) is 0. The lowest BCUT2D eigenvalue weighted by Crippen LogP contribution is -2.51. The van der Waals surface area contributed by atoms with Crippen LogP contribution in [0.4, 0.5) is 0 Å². The van der Waals surface area contributed by atoms with Gasteiger partial charge in [0.15, 0.2) is 5.79 Å². The number of ether oxygens (including phenoxy) is 4. The van der Waals surface area contributed by atoms with E-state index in [0.717, 1.165) is 5.56 Å². The Kier molecular flexibility index (Phi) is 8.00. The van der Waals surface area contributed by atoms with Crippen LogP contribution >= 0.6 is 0 Å². The van der Waals surface area contributed by atoms with Crippen molar-refractivity contribution in [1.82, 2.24) is 4.90 Å². The van der Waals surface area contributed by atoms with E-state index in [9.17, 15) is 4.79 Å². The van der Waals surface area contributed by atoms with Crippen LogP contribution in [0.2, 0.25) is 0 Å². The molecule has 204 valence electrons. The van der Waals surface area contributed by atoms with Gasteiger partial charge in [0.1, 0.15) is 12.2 Å². The summed E-state index contributed by atoms with van der Waals surface area (Å²) in [7, 11) is 3.05. The Morgan fingerprint density at radius 1 is 0.846 bits per heavy atom. The van der Waals surface area contributed by atoms with Gasteiger partial charge in [0.05, 0.1) is 31.9 Å². The molecule has 7 heteroatoms. The van der Waals surface area contributed by atoms with Gasteiger partial charge in [-0.1, -0.05) is 72.8 Å². The zero-order valence-corrected chi connectivity index (χ0v) is 22.9. The minimum absolute atomic E-state index is 0.138. The molecule has 0 aliphatic carbocycles. The van der Waals surface area contributed by atoms with Crippen molar-refractivity contribution in [3.05, 3.63) is 107 Å². The summed E-state index contributed by atoms with van der Waals surface area (Å²) in [5.74, 6) is -1.12. The molecule has 1 fully saturated rings. The first-order valence-electron chi connectivity index (χ1n) is 13.4. The van der Waals surface area contributed by atoms with Gasteiger partial charge in [-0.2, -0.15) is 0 Å². The standard InChI is InChI=1S/C32H36N2O5/c1-32(2)38-28-26(19-22-12-7-5-8-13-22)33-31(37-4)34(21-24-16-11-17-25(18-24)30(35)36-3)27(29(28)39-32)20-23-14-9-6-10-15-23/h5-18,26-29H,19-21H2,1-4H3/t26-,27-,28+,29+/m1/s1. The number of benzene rings is 3. The SMILES string of the molecule is COC(=O)c1cccc(CN2C(OC)=N[C@H](Cc3ccccc3)[C@@H]3OC(C)(C)O[C@H]3[C@H]2Cc2ccccc2)c1. The van der Waals surface area contributed by atoms with Crippen LogP contribution in [0.25, 0.3) is 0 Å². The number of rotatable bonds is 7. The molecule has 4 atom stereocenters. The second kappa shape index (κ2) is 11.6. The number of fused-ring (bicyclic) bond motifs is 1. The van der Waals surface area contributed by atoms with Crippen LogP contribution in [0.15, 0.2) is 89.9 Å². The van der Waals surface area contributed by atoms with Crippen LogP contribution in [-0.4, -0.2) is 61.2 Å². The molecular formula is C32H36N2O5. The molecule has 0 N–H and O–H groups in total. The minimum atomic E-state index is -0.754. The largest absolute Gasteiger partial charge is 0.468 e. The second-order valence-corrected chi connectivity index (χ2v) is 10.5. The average Bonchev–Trinajstić information content (AvgIpc) is 3.24. The third-order valence-corrected chi connectivity index (χ3v) is 7.30. The topological polar surface area (TPSA) is 69.6 Å². The Bertz CT molecular complexity index is 1290. The molecule has 0 radical (unpaired) electrons. The van der Waals surface area contributed by atoms with Crippen LogP contribution in [0.1, 0.15) is 40.9 Å². The summed E-state index contributed by atoms with van der Waals surface area (Å²) < 4.78 is 24.2. The number of amidine groups is 1. The summed E-state index contributed by atoms with van der Waals surface area (Å²) >= 11 is 0. The molecule has 2 heterocycles. The van der Waals surface area contributed by atoms with E-state index in [1.165, 1.54) is 18.2 Å². The predicted molar refractivity (Wildman–Crippen MR) is 149 cm³/mol. The van der Waals surface area contributed by atoms with Crippen molar-refractivity contribution in [2.45, 2.75) is 63.3 Å². The van der Waals surface area contributed by atoms with Crippen molar-refractivity contribution in [2.24, 2.45) is 4.99 Å². The summed E-state index contributed by atoms with van der Waals surface area (Å²) in [5, 5.41) is 0. The molecule has 0 amide bonds. The van der Waals surface area contributed by atoms with E-state index in [1.54, 1.807) is 13.2 Å². The predicted octanol–water partition coefficient (Wildman–Crippen LogP) is 5.03. The highest BCUT2D eigenvalue weighted by Gasteiger charge is 2.52. The van der Waals surface area contributed by atoms with Crippen LogP contribution < -0.4 is 0 Å². The number of carbonyl (C=O) groups excluding carboxylic acids is 1. The van der Waals surface area contributed by atoms with Crippen LogP contribution in [-0.2, 0) is 38.3 Å². The van der Waals surface area contributed by atoms with Gasteiger partial charge in [0.2, 0.25) is 0 Å². The normalized spacial score (nSPS) is 23.9. The zero-order chi connectivity index (χ0) is 27.4. The van der Waals surface area contributed by atoms with E-state index in [4.69, 9.17) is 23.9 Å². The summed E-state index contributed by atoms with van der Waals surface area (Å²) in [4.78, 5) is 19.6. The molecule has 2 aliphatic heterocycles. The molecule has 0 bridgehead atoms. The van der Waals surface area contributed by atoms with E-state index in [1.807, 2.05) is 68.4 Å². The summed E-state index contributed by atoms with van der Waals surface area (Å²) in [5.41, 5.74) is 3.80. The molecule has 2 aliphatic rings. The van der Waals surface area contributed by atoms with Crippen molar-refractivity contribution in [1.29, 1.82) is 0 Å². The van der Waals surface area contributed by atoms with Crippen molar-refractivity contribution in [3.8, 4) is 0 Å². The molecule has 0 spiro atoms. The molecule has 7 nitrogen and oxygen atoms in total. The fourth-order valence-electron chi connectivity index (χ4n) is 5.59. The fraction of sp³-hybridized carbons (Fsp3) is 0.375. The molecule has 3 aromatic carbocycles. The molecule has 0 aromatic heterocycles. The molecule has 0 unspecified atom stereocenters. The quantitative estimate of drug-likeness (QED) is 0.401. The Labute approximate surface area is 230 Å². The highest BCUT2D eigenvalue weighted by Crippen LogP contribution is 2.38. The van der Waals surface area contributed by atoms with Gasteiger partial charge in [0, 0.05) is 6.54 Å². The van der Waals surface area contributed by atoms with Gasteiger partial charge in [-0.25, -0.2) is 9.79 Å². The number of hydrogen-bond acceptors (Lipinski definition) is 7. The van der Waals surface area contributed by atoms with Gasteiger partial charge in [-0.3, -0.25) is 0 Å². The van der Waals surface area contributed by atoms with Gasteiger partial charge in [0.25, 0.3) is 6.02 Å². The highest BCUT2D eigenvalue weighted by atomic mass is 16.8. The van der Waals surface area contributed by atoms with Crippen molar-refractivity contribution in [3.63, 3.8) is 0 Å². The first-order chi connectivity index (χ1) is 18.9. The van der Waals surface area contributed by atoms with E-state index in [2.05, 4.69) is 29.2 Å². The van der Waals surface area contributed by atoms with Gasteiger partial charge >= 0.3 is 5.97 Å². The first kappa shape index (κ1) is 26.9. The van der Waals surface area contributed by atoms with Gasteiger partial charge < -0.3 is 23.8 Å². The number of esters is 1. The molecule has 3 aromatic rings. The Morgan fingerprint density at radius 3 is 2.10 bits per heavy atom. The number of nitrogens with zero attached hydrogens (tertiary/aromatic N) is 2. The van der Waals surface area contributed by atoms with Crippen LogP contribution in [0, 0.1) is 0 Å². The first-order valence-corrected chi connectivity index (χ1v) is 13.4. The number of methoxy groups -OCH3 is 2. The molecule has 39 heavy (non-hydrogen) atoms. The molecular weight excluding hydrogens is 492 g/mol. The third kappa shape index (κ3) is 6.15. The Balaban J connectivity index is 1.58.